The number of aromatic nitrogens is 2. The molecule has 0 aliphatic carbocycles. The number of carboxylic acids is 1. The van der Waals surface area contributed by atoms with Crippen molar-refractivity contribution < 1.29 is 43.6 Å². The van der Waals surface area contributed by atoms with Gasteiger partial charge in [-0.2, -0.15) is 0 Å². The van der Waals surface area contributed by atoms with E-state index < -0.39 is 74.5 Å². The second-order valence-electron chi connectivity index (χ2n) is 6.52. The van der Waals surface area contributed by atoms with Crippen molar-refractivity contribution in [1.82, 2.24) is 14.6 Å². The number of amides is 1. The standard InChI is InChI=1S/C14H21N4O11P/c1-5-3-18(14(25)16-11(5)23)13-10(22)9(21)7(29-13)4-28-30(26,27)17-12(24)6(15)2-8(19)20/h3,6-7,9-10,13,21-22H,2,4,15H2,1H3,(H,19,20)(H,16,23,25)(H2,17,24,26,27)/t6-,7+,9+,10+,13+/m0/s1. The van der Waals surface area contributed by atoms with Gasteiger partial charge in [0, 0.05) is 11.8 Å². The molecule has 1 fully saturated rings. The van der Waals surface area contributed by atoms with Gasteiger partial charge in [0.15, 0.2) is 6.23 Å². The fourth-order valence-corrected chi connectivity index (χ4v) is 3.44. The van der Waals surface area contributed by atoms with E-state index >= 15 is 0 Å². The minimum absolute atomic E-state index is 0.125. The van der Waals surface area contributed by atoms with Gasteiger partial charge >= 0.3 is 19.4 Å². The van der Waals surface area contributed by atoms with Gasteiger partial charge in [-0.1, -0.05) is 0 Å². The van der Waals surface area contributed by atoms with E-state index in [9.17, 15) is 38.8 Å². The second kappa shape index (κ2) is 9.18. The number of aryl methyl sites for hydroxylation is 1. The van der Waals surface area contributed by atoms with E-state index in [0.29, 0.717) is 0 Å². The van der Waals surface area contributed by atoms with Crippen molar-refractivity contribution in [3.63, 3.8) is 0 Å². The minimum atomic E-state index is -4.82. The Hall–Kier alpha value is -2.39. The zero-order chi connectivity index (χ0) is 22.8. The fraction of sp³-hybridized carbons (Fsp3) is 0.571. The van der Waals surface area contributed by atoms with Crippen LogP contribution in [0.4, 0.5) is 0 Å². The molecule has 2 rings (SSSR count). The highest BCUT2D eigenvalue weighted by Crippen LogP contribution is 2.39. The molecule has 1 saturated heterocycles. The van der Waals surface area contributed by atoms with Gasteiger partial charge in [-0.15, -0.1) is 0 Å². The zero-order valence-electron chi connectivity index (χ0n) is 15.5. The fourth-order valence-electron chi connectivity index (χ4n) is 2.58. The molecule has 0 radical (unpaired) electrons. The highest BCUT2D eigenvalue weighted by molar-refractivity contribution is 7.51. The van der Waals surface area contributed by atoms with E-state index in [0.717, 1.165) is 10.8 Å². The van der Waals surface area contributed by atoms with Crippen molar-refractivity contribution in [1.29, 1.82) is 0 Å². The summed E-state index contributed by atoms with van der Waals surface area (Å²) in [7, 11) is -4.82. The van der Waals surface area contributed by atoms with E-state index in [4.69, 9.17) is 15.6 Å². The number of carboxylic acid groups (broad SMARTS) is 1. The summed E-state index contributed by atoms with van der Waals surface area (Å²) in [6.07, 6.45) is -5.83. The highest BCUT2D eigenvalue weighted by atomic mass is 31.2. The van der Waals surface area contributed by atoms with Crippen LogP contribution in [-0.4, -0.2) is 72.6 Å². The first-order valence-electron chi connectivity index (χ1n) is 8.43. The molecule has 1 amide bonds. The molecular weight excluding hydrogens is 431 g/mol. The highest BCUT2D eigenvalue weighted by Gasteiger charge is 2.45. The number of rotatable bonds is 8. The van der Waals surface area contributed by atoms with E-state index in [1.807, 2.05) is 4.98 Å². The third-order valence-corrected chi connectivity index (χ3v) is 5.16. The summed E-state index contributed by atoms with van der Waals surface area (Å²) in [6, 6.07) is -1.61. The van der Waals surface area contributed by atoms with Crippen LogP contribution in [-0.2, 0) is 23.4 Å². The second-order valence-corrected chi connectivity index (χ2v) is 8.04. The molecule has 1 unspecified atom stereocenters. The number of hydrogen-bond acceptors (Lipinski definition) is 10. The van der Waals surface area contributed by atoms with E-state index in [1.165, 1.54) is 6.92 Å². The number of hydrogen-bond donors (Lipinski definition) is 7. The van der Waals surface area contributed by atoms with Crippen molar-refractivity contribution >= 4 is 19.6 Å². The molecule has 0 saturated carbocycles. The number of aliphatic hydroxyl groups excluding tert-OH is 2. The van der Waals surface area contributed by atoms with Crippen molar-refractivity contribution in [2.75, 3.05) is 6.61 Å². The summed E-state index contributed by atoms with van der Waals surface area (Å²) >= 11 is 0. The Kier molecular flexibility index (Phi) is 7.31. The molecule has 30 heavy (non-hydrogen) atoms. The van der Waals surface area contributed by atoms with Gasteiger partial charge < -0.3 is 30.7 Å². The quantitative estimate of drug-likeness (QED) is 0.190. The summed E-state index contributed by atoms with van der Waals surface area (Å²) in [5.41, 5.74) is 3.82. The van der Waals surface area contributed by atoms with Gasteiger partial charge in [0.25, 0.3) is 5.56 Å². The third kappa shape index (κ3) is 5.60. The number of nitrogens with two attached hydrogens (primary N) is 1. The van der Waals surface area contributed by atoms with Crippen molar-refractivity contribution in [2.24, 2.45) is 5.73 Å². The molecular formula is C14H21N4O11P. The van der Waals surface area contributed by atoms with E-state index in [1.54, 1.807) is 5.09 Å². The molecule has 16 heteroatoms. The Morgan fingerprint density at radius 1 is 1.40 bits per heavy atom. The van der Waals surface area contributed by atoms with Crippen LogP contribution in [0.2, 0.25) is 0 Å². The Bertz CT molecular complexity index is 975. The predicted octanol–water partition coefficient (Wildman–Crippen LogP) is -3.50. The van der Waals surface area contributed by atoms with Crippen LogP contribution in [0, 0.1) is 6.92 Å². The van der Waals surface area contributed by atoms with Gasteiger partial charge in [0.2, 0.25) is 5.91 Å². The number of H-pyrrole nitrogens is 1. The van der Waals surface area contributed by atoms with Crippen molar-refractivity contribution in [3.05, 3.63) is 32.6 Å². The molecule has 0 spiro atoms. The normalized spacial score (nSPS) is 26.7. The van der Waals surface area contributed by atoms with Crippen molar-refractivity contribution in [3.8, 4) is 0 Å². The van der Waals surface area contributed by atoms with Gasteiger partial charge in [-0.05, 0) is 6.92 Å². The smallest absolute Gasteiger partial charge is 0.432 e. The lowest BCUT2D eigenvalue weighted by atomic mass is 10.1. The number of aliphatic carboxylic acids is 1. The largest absolute Gasteiger partial charge is 0.481 e. The van der Waals surface area contributed by atoms with Crippen LogP contribution in [0.5, 0.6) is 0 Å². The third-order valence-electron chi connectivity index (χ3n) is 4.15. The summed E-state index contributed by atoms with van der Waals surface area (Å²) in [5.74, 6) is -2.66. The first-order valence-corrected chi connectivity index (χ1v) is 10.0. The molecule has 6 atom stereocenters. The van der Waals surface area contributed by atoms with Gasteiger partial charge in [-0.25, -0.2) is 9.36 Å². The van der Waals surface area contributed by atoms with Crippen LogP contribution in [0.25, 0.3) is 0 Å². The molecule has 0 bridgehead atoms. The Morgan fingerprint density at radius 2 is 2.03 bits per heavy atom. The van der Waals surface area contributed by atoms with E-state index in [2.05, 4.69) is 4.52 Å². The van der Waals surface area contributed by atoms with Crippen LogP contribution in [0.1, 0.15) is 18.2 Å². The summed E-state index contributed by atoms with van der Waals surface area (Å²) < 4.78 is 22.7. The number of nitrogens with zero attached hydrogens (tertiary/aromatic N) is 1. The molecule has 0 aromatic carbocycles. The van der Waals surface area contributed by atoms with Gasteiger partial charge in [0.05, 0.1) is 19.1 Å². The maximum atomic E-state index is 12.0. The summed E-state index contributed by atoms with van der Waals surface area (Å²) in [4.78, 5) is 57.2. The number of carbonyl (C=O) groups is 2. The number of aromatic amines is 1. The molecule has 8 N–H and O–H groups in total. The number of carbonyl (C=O) groups excluding carboxylic acids is 1. The Balaban J connectivity index is 2.04. The molecule has 1 aliphatic heterocycles. The maximum Gasteiger partial charge on any atom is 0.432 e. The molecule has 1 aliphatic rings. The predicted molar refractivity (Wildman–Crippen MR) is 96.1 cm³/mol. The summed E-state index contributed by atoms with van der Waals surface area (Å²) in [5, 5.41) is 30.3. The molecule has 1 aromatic heterocycles. The molecule has 168 valence electrons. The zero-order valence-corrected chi connectivity index (χ0v) is 16.4. The van der Waals surface area contributed by atoms with Crippen molar-refractivity contribution in [2.45, 2.75) is 43.9 Å². The van der Waals surface area contributed by atoms with Crippen LogP contribution in [0.15, 0.2) is 15.8 Å². The first kappa shape index (κ1) is 23.9. The lowest BCUT2D eigenvalue weighted by Gasteiger charge is -2.19. The maximum absolute atomic E-state index is 12.0. The number of ether oxygens (including phenoxy) is 1. The number of nitrogens with one attached hydrogen (secondary N) is 2. The monoisotopic (exact) mass is 452 g/mol. The number of aliphatic hydroxyl groups is 2. The first-order chi connectivity index (χ1) is 13.8. The molecule has 1 aromatic rings. The Labute approximate surface area is 167 Å². The minimum Gasteiger partial charge on any atom is -0.481 e. The Morgan fingerprint density at radius 3 is 2.63 bits per heavy atom. The lowest BCUT2D eigenvalue weighted by Crippen LogP contribution is -2.41. The van der Waals surface area contributed by atoms with Crippen LogP contribution < -0.4 is 22.1 Å². The topological polar surface area (TPSA) is 243 Å². The van der Waals surface area contributed by atoms with Crippen LogP contribution in [0.3, 0.4) is 0 Å². The SMILES string of the molecule is Cc1cn([C@@H]2O[C@H](COP(=O)(O)NC(=O)[C@@H](N)CC(=O)O)[C@@H](O)[C@H]2O)c(=O)[nH]c1=O. The summed E-state index contributed by atoms with van der Waals surface area (Å²) in [6.45, 7) is 0.598. The molecule has 2 heterocycles. The average molecular weight is 452 g/mol. The van der Waals surface area contributed by atoms with Gasteiger partial charge in [0.1, 0.15) is 18.3 Å². The lowest BCUT2D eigenvalue weighted by molar-refractivity contribution is -0.139. The van der Waals surface area contributed by atoms with E-state index in [-0.39, 0.29) is 5.56 Å². The average Bonchev–Trinajstić information content (AvgIpc) is 2.90. The van der Waals surface area contributed by atoms with Gasteiger partial charge in [-0.3, -0.25) is 33.5 Å². The van der Waals surface area contributed by atoms with Crippen LogP contribution >= 0.6 is 7.75 Å². The molecule has 15 nitrogen and oxygen atoms in total.